The summed E-state index contributed by atoms with van der Waals surface area (Å²) in [4.78, 5) is 24.8. The monoisotopic (exact) mass is 497 g/mol. The van der Waals surface area contributed by atoms with Gasteiger partial charge >= 0.3 is 5.97 Å². The molecule has 1 aliphatic rings. The average molecular weight is 498 g/mol. The van der Waals surface area contributed by atoms with Crippen LogP contribution in [0.25, 0.3) is 0 Å². The van der Waals surface area contributed by atoms with Crippen LogP contribution < -0.4 is 24.3 Å². The highest BCUT2D eigenvalue weighted by Gasteiger charge is 2.18. The summed E-state index contributed by atoms with van der Waals surface area (Å²) in [6.45, 7) is 1.81. The highest BCUT2D eigenvalue weighted by Crippen LogP contribution is 2.34. The van der Waals surface area contributed by atoms with Crippen molar-refractivity contribution in [2.45, 2.75) is 19.6 Å². The smallest absolute Gasteiger partial charge is 0.338 e. The van der Waals surface area contributed by atoms with Gasteiger partial charge in [0.1, 0.15) is 6.61 Å². The van der Waals surface area contributed by atoms with Crippen LogP contribution in [0.1, 0.15) is 34.5 Å². The molecule has 1 amide bonds. The van der Waals surface area contributed by atoms with Crippen LogP contribution in [0.3, 0.4) is 0 Å². The van der Waals surface area contributed by atoms with Crippen LogP contribution in [0.4, 0.5) is 0 Å². The lowest BCUT2D eigenvalue weighted by atomic mass is 10.1. The zero-order chi connectivity index (χ0) is 24.8. The number of rotatable bonds is 9. The maximum Gasteiger partial charge on any atom is 0.338 e. The molecule has 3 aromatic carbocycles. The summed E-state index contributed by atoms with van der Waals surface area (Å²) in [5.41, 5.74) is 1.88. The Bertz CT molecular complexity index is 1230. The lowest BCUT2D eigenvalue weighted by Crippen LogP contribution is -2.31. The van der Waals surface area contributed by atoms with E-state index in [9.17, 15) is 9.59 Å². The van der Waals surface area contributed by atoms with E-state index in [0.29, 0.717) is 28.0 Å². The van der Waals surface area contributed by atoms with Crippen LogP contribution in [0.5, 0.6) is 23.0 Å². The Kier molecular flexibility index (Phi) is 7.62. The number of halogens is 1. The van der Waals surface area contributed by atoms with Gasteiger partial charge in [-0.2, -0.15) is 0 Å². The molecule has 4 rings (SSSR count). The van der Waals surface area contributed by atoms with Gasteiger partial charge in [0, 0.05) is 10.6 Å². The Morgan fingerprint density at radius 3 is 2.63 bits per heavy atom. The third-order valence-corrected chi connectivity index (χ3v) is 5.72. The van der Waals surface area contributed by atoms with Crippen molar-refractivity contribution in [3.63, 3.8) is 0 Å². The fourth-order valence-corrected chi connectivity index (χ4v) is 3.64. The van der Waals surface area contributed by atoms with Gasteiger partial charge < -0.3 is 29.0 Å². The van der Waals surface area contributed by atoms with E-state index in [1.165, 1.54) is 13.2 Å². The first kappa shape index (κ1) is 24.2. The number of carbonyl (C=O) groups is 2. The molecule has 0 aromatic heterocycles. The largest absolute Gasteiger partial charge is 0.493 e. The van der Waals surface area contributed by atoms with E-state index in [-0.39, 0.29) is 25.0 Å². The van der Waals surface area contributed by atoms with Crippen LogP contribution in [0.2, 0.25) is 5.02 Å². The molecule has 9 heteroatoms. The van der Waals surface area contributed by atoms with Gasteiger partial charge in [-0.05, 0) is 48.9 Å². The van der Waals surface area contributed by atoms with Crippen LogP contribution in [0.15, 0.2) is 60.7 Å². The fourth-order valence-electron chi connectivity index (χ4n) is 3.45. The Hall–Kier alpha value is -3.91. The minimum atomic E-state index is -0.660. The first-order valence-electron chi connectivity index (χ1n) is 10.8. The molecule has 3 aromatic rings. The number of nitrogens with one attached hydrogen (secondary N) is 1. The lowest BCUT2D eigenvalue weighted by Gasteiger charge is -2.15. The Balaban J connectivity index is 1.31. The average Bonchev–Trinajstić information content (AvgIpc) is 3.34. The van der Waals surface area contributed by atoms with Crippen LogP contribution >= 0.6 is 11.6 Å². The van der Waals surface area contributed by atoms with E-state index >= 15 is 0 Å². The van der Waals surface area contributed by atoms with Crippen molar-refractivity contribution in [2.75, 3.05) is 20.5 Å². The first-order chi connectivity index (χ1) is 16.9. The number of methoxy groups -OCH3 is 1. The minimum absolute atomic E-state index is 0.175. The standard InChI is InChI=1S/C26H24ClNO7/c1-16(17-7-9-22-24(11-17)35-15-34-22)28-25(29)14-33-26(30)18-8-10-21(23(12-18)31-2)32-13-19-5-3-4-6-20(19)27/h3-12,16H,13-15H2,1-2H3,(H,28,29). The van der Waals surface area contributed by atoms with Gasteiger partial charge in [-0.1, -0.05) is 35.9 Å². The normalized spacial score (nSPS) is 12.5. The molecule has 0 saturated carbocycles. The molecular weight excluding hydrogens is 474 g/mol. The predicted molar refractivity (Wildman–Crippen MR) is 128 cm³/mol. The molecule has 1 heterocycles. The van der Waals surface area contributed by atoms with Crippen molar-refractivity contribution in [1.82, 2.24) is 5.32 Å². The predicted octanol–water partition coefficient (Wildman–Crippen LogP) is 4.69. The van der Waals surface area contributed by atoms with E-state index < -0.39 is 18.5 Å². The first-order valence-corrected chi connectivity index (χ1v) is 11.2. The van der Waals surface area contributed by atoms with Crippen molar-refractivity contribution in [2.24, 2.45) is 0 Å². The minimum Gasteiger partial charge on any atom is -0.493 e. The van der Waals surface area contributed by atoms with Gasteiger partial charge in [-0.3, -0.25) is 4.79 Å². The third-order valence-electron chi connectivity index (χ3n) is 5.35. The second-order valence-corrected chi connectivity index (χ2v) is 8.13. The summed E-state index contributed by atoms with van der Waals surface area (Å²) in [6, 6.07) is 17.1. The van der Waals surface area contributed by atoms with Gasteiger partial charge in [0.25, 0.3) is 5.91 Å². The summed E-state index contributed by atoms with van der Waals surface area (Å²) in [5.74, 6) is 0.994. The lowest BCUT2D eigenvalue weighted by molar-refractivity contribution is -0.124. The maximum atomic E-state index is 12.5. The Morgan fingerprint density at radius 2 is 1.83 bits per heavy atom. The third kappa shape index (κ3) is 5.96. The van der Waals surface area contributed by atoms with E-state index in [1.807, 2.05) is 31.2 Å². The van der Waals surface area contributed by atoms with Gasteiger partial charge in [0.15, 0.2) is 29.6 Å². The quantitative estimate of drug-likeness (QED) is 0.429. The van der Waals surface area contributed by atoms with Gasteiger partial charge in [0.2, 0.25) is 6.79 Å². The molecule has 1 atom stereocenters. The summed E-state index contributed by atoms with van der Waals surface area (Å²) in [5, 5.41) is 3.39. The van der Waals surface area contributed by atoms with E-state index in [1.54, 1.807) is 30.3 Å². The van der Waals surface area contributed by atoms with Gasteiger partial charge in [0.05, 0.1) is 18.7 Å². The summed E-state index contributed by atoms with van der Waals surface area (Å²) in [7, 11) is 1.47. The summed E-state index contributed by atoms with van der Waals surface area (Å²) < 4.78 is 27.0. The van der Waals surface area contributed by atoms with E-state index in [4.69, 9.17) is 35.3 Å². The maximum absolute atomic E-state index is 12.5. The molecule has 0 spiro atoms. The fraction of sp³-hybridized carbons (Fsp3) is 0.231. The topological polar surface area (TPSA) is 92.3 Å². The number of amides is 1. The number of fused-ring (bicyclic) bond motifs is 1. The van der Waals surface area contributed by atoms with Gasteiger partial charge in [-0.15, -0.1) is 0 Å². The Morgan fingerprint density at radius 1 is 1.03 bits per heavy atom. The van der Waals surface area contributed by atoms with Crippen molar-refractivity contribution in [3.8, 4) is 23.0 Å². The van der Waals surface area contributed by atoms with E-state index in [0.717, 1.165) is 11.1 Å². The zero-order valence-electron chi connectivity index (χ0n) is 19.2. The number of ether oxygens (including phenoxy) is 5. The molecule has 1 aliphatic heterocycles. The van der Waals surface area contributed by atoms with Crippen molar-refractivity contribution in [3.05, 3.63) is 82.4 Å². The Labute approximate surface area is 207 Å². The van der Waals surface area contributed by atoms with E-state index in [2.05, 4.69) is 5.32 Å². The summed E-state index contributed by atoms with van der Waals surface area (Å²) in [6.07, 6.45) is 0. The number of benzene rings is 3. The molecule has 35 heavy (non-hydrogen) atoms. The molecule has 0 aliphatic carbocycles. The number of hydrogen-bond acceptors (Lipinski definition) is 7. The van der Waals surface area contributed by atoms with Gasteiger partial charge in [-0.25, -0.2) is 4.79 Å². The number of esters is 1. The molecule has 0 bridgehead atoms. The zero-order valence-corrected chi connectivity index (χ0v) is 20.0. The molecule has 8 nitrogen and oxygen atoms in total. The SMILES string of the molecule is COc1cc(C(=O)OCC(=O)NC(C)c2ccc3c(c2)OCO3)ccc1OCc1ccccc1Cl. The molecule has 0 saturated heterocycles. The highest BCUT2D eigenvalue weighted by atomic mass is 35.5. The highest BCUT2D eigenvalue weighted by molar-refractivity contribution is 6.31. The molecule has 182 valence electrons. The number of hydrogen-bond donors (Lipinski definition) is 1. The van der Waals surface area contributed by atoms with Crippen LogP contribution in [-0.4, -0.2) is 32.4 Å². The second-order valence-electron chi connectivity index (χ2n) is 7.72. The molecular formula is C26H24ClNO7. The van der Waals surface area contributed by atoms with Crippen molar-refractivity contribution >= 4 is 23.5 Å². The molecule has 1 N–H and O–H groups in total. The molecule has 0 fully saturated rings. The van der Waals surface area contributed by atoms with Crippen LogP contribution in [0, 0.1) is 0 Å². The van der Waals surface area contributed by atoms with Crippen LogP contribution in [-0.2, 0) is 16.1 Å². The number of carbonyl (C=O) groups excluding carboxylic acids is 2. The molecule has 0 radical (unpaired) electrons. The second kappa shape index (κ2) is 11.0. The van der Waals surface area contributed by atoms with Crippen molar-refractivity contribution in [1.29, 1.82) is 0 Å². The molecule has 1 unspecified atom stereocenters. The van der Waals surface area contributed by atoms with Crippen molar-refractivity contribution < 1.29 is 33.3 Å². The summed E-state index contributed by atoms with van der Waals surface area (Å²) >= 11 is 6.16.